The van der Waals surface area contributed by atoms with Gasteiger partial charge < -0.3 is 9.88 Å². The van der Waals surface area contributed by atoms with Crippen LogP contribution >= 0.6 is 0 Å². The van der Waals surface area contributed by atoms with Gasteiger partial charge in [-0.3, -0.25) is 4.79 Å². The molecule has 0 bridgehead atoms. The molecule has 0 aliphatic heterocycles. The number of benzene rings is 1. The first-order valence-electron chi connectivity index (χ1n) is 9.62. The second kappa shape index (κ2) is 7.33. The Kier molecular flexibility index (Phi) is 5.03. The molecule has 3 aromatic rings. The molecule has 0 radical (unpaired) electrons. The second-order valence-corrected chi connectivity index (χ2v) is 9.86. The zero-order chi connectivity index (χ0) is 22.6. The Hall–Kier alpha value is -2.95. The van der Waals surface area contributed by atoms with Crippen molar-refractivity contribution in [1.29, 1.82) is 4.78 Å². The number of amides is 1. The molecule has 1 amide bonds. The Labute approximate surface area is 176 Å². The highest BCUT2D eigenvalue weighted by atomic mass is 32.2. The maximum absolute atomic E-state index is 13.1. The number of anilines is 1. The van der Waals surface area contributed by atoms with Crippen molar-refractivity contribution < 1.29 is 22.2 Å². The number of halogens is 3. The molecule has 1 aliphatic carbocycles. The summed E-state index contributed by atoms with van der Waals surface area (Å²) in [6, 6.07) is 5.59. The molecule has 2 N–H and O–H groups in total. The smallest absolute Gasteiger partial charge is 0.326 e. The molecule has 0 saturated heterocycles. The molecule has 164 valence electrons. The largest absolute Gasteiger partial charge is 0.417 e. The molecular formula is C20H20F3N5O2S. The van der Waals surface area contributed by atoms with Crippen LogP contribution in [0.5, 0.6) is 0 Å². The van der Waals surface area contributed by atoms with Gasteiger partial charge in [-0.1, -0.05) is 6.92 Å². The fourth-order valence-corrected chi connectivity index (χ4v) is 4.42. The van der Waals surface area contributed by atoms with Gasteiger partial charge in [-0.2, -0.15) is 13.2 Å². The number of pyridine rings is 1. The highest BCUT2D eigenvalue weighted by Gasteiger charge is 2.32. The van der Waals surface area contributed by atoms with Crippen molar-refractivity contribution in [2.24, 2.45) is 13.0 Å². The van der Waals surface area contributed by atoms with E-state index < -0.39 is 21.5 Å². The van der Waals surface area contributed by atoms with Crippen LogP contribution < -0.4 is 5.32 Å². The summed E-state index contributed by atoms with van der Waals surface area (Å²) >= 11 is 0. The van der Waals surface area contributed by atoms with Gasteiger partial charge in [0, 0.05) is 36.2 Å². The van der Waals surface area contributed by atoms with Crippen molar-refractivity contribution in [1.82, 2.24) is 14.5 Å². The number of fused-ring (bicyclic) bond motifs is 1. The summed E-state index contributed by atoms with van der Waals surface area (Å²) in [5, 5.41) is 2.77. The predicted octanol–water partition coefficient (Wildman–Crippen LogP) is 4.43. The van der Waals surface area contributed by atoms with E-state index in [1.807, 2.05) is 0 Å². The lowest BCUT2D eigenvalue weighted by atomic mass is 10.2. The molecule has 1 aromatic carbocycles. The highest BCUT2D eigenvalue weighted by Crippen LogP contribution is 2.35. The Balaban J connectivity index is 1.85. The number of nitrogens with zero attached hydrogens (tertiary/aromatic N) is 3. The lowest BCUT2D eigenvalue weighted by Gasteiger charge is -2.14. The predicted molar refractivity (Wildman–Crippen MR) is 110 cm³/mol. The van der Waals surface area contributed by atoms with Gasteiger partial charge in [0.15, 0.2) is 5.65 Å². The summed E-state index contributed by atoms with van der Waals surface area (Å²) in [5.41, 5.74) is 0.118. The van der Waals surface area contributed by atoms with E-state index in [0.717, 1.165) is 25.1 Å². The van der Waals surface area contributed by atoms with Gasteiger partial charge >= 0.3 is 6.18 Å². The minimum Gasteiger partial charge on any atom is -0.326 e. The van der Waals surface area contributed by atoms with Gasteiger partial charge in [0.25, 0.3) is 0 Å². The van der Waals surface area contributed by atoms with Crippen LogP contribution in [0, 0.1) is 10.7 Å². The van der Waals surface area contributed by atoms with Crippen molar-refractivity contribution >= 4 is 32.5 Å². The number of rotatable bonds is 5. The first-order chi connectivity index (χ1) is 14.5. The molecule has 1 atom stereocenters. The number of nitrogens with one attached hydrogen (secondary N) is 2. The molecule has 2 aromatic heterocycles. The number of carbonyl (C=O) groups is 1. The van der Waals surface area contributed by atoms with Crippen molar-refractivity contribution in [2.75, 3.05) is 11.1 Å². The fourth-order valence-electron chi connectivity index (χ4n) is 3.27. The normalized spacial score (nSPS) is 16.3. The lowest BCUT2D eigenvalue weighted by molar-refractivity contribution is -0.137. The molecule has 4 rings (SSSR count). The zero-order valence-electron chi connectivity index (χ0n) is 16.8. The molecular weight excluding hydrogens is 431 g/mol. The molecule has 1 aliphatic rings. The maximum atomic E-state index is 13.1. The molecule has 31 heavy (non-hydrogen) atoms. The fraction of sp³-hybridized carbons (Fsp3) is 0.350. The van der Waals surface area contributed by atoms with Crippen LogP contribution in [0.25, 0.3) is 22.6 Å². The third-order valence-corrected chi connectivity index (χ3v) is 7.10. The summed E-state index contributed by atoms with van der Waals surface area (Å²) in [7, 11) is -1.64. The Morgan fingerprint density at radius 2 is 2.03 bits per heavy atom. The third kappa shape index (κ3) is 4.01. The van der Waals surface area contributed by atoms with Gasteiger partial charge in [0.1, 0.15) is 11.3 Å². The first kappa shape index (κ1) is 21.3. The van der Waals surface area contributed by atoms with E-state index in [2.05, 4.69) is 15.3 Å². The molecule has 1 unspecified atom stereocenters. The number of aryl methyl sites for hydroxylation is 1. The van der Waals surface area contributed by atoms with Crippen molar-refractivity contribution in [3.8, 4) is 11.4 Å². The van der Waals surface area contributed by atoms with E-state index in [-0.39, 0.29) is 39.5 Å². The monoisotopic (exact) mass is 451 g/mol. The van der Waals surface area contributed by atoms with Crippen LogP contribution in [0.3, 0.4) is 0 Å². The molecule has 7 nitrogen and oxygen atoms in total. The number of alkyl halides is 3. The summed E-state index contributed by atoms with van der Waals surface area (Å²) in [5.74, 6) is 0.118. The third-order valence-electron chi connectivity index (χ3n) is 5.24. The van der Waals surface area contributed by atoms with Crippen LogP contribution in [0.4, 0.5) is 18.9 Å². The quantitative estimate of drug-likeness (QED) is 0.599. The summed E-state index contributed by atoms with van der Waals surface area (Å²) in [4.78, 5) is 20.5. The number of hydrogen-bond acceptors (Lipinski definition) is 5. The van der Waals surface area contributed by atoms with E-state index in [9.17, 15) is 22.2 Å². The van der Waals surface area contributed by atoms with Crippen molar-refractivity contribution in [3.63, 3.8) is 0 Å². The van der Waals surface area contributed by atoms with Crippen LogP contribution in [-0.4, -0.2) is 30.4 Å². The Morgan fingerprint density at radius 3 is 2.65 bits per heavy atom. The number of carbonyl (C=O) groups excluding carboxylic acids is 1. The van der Waals surface area contributed by atoms with Gasteiger partial charge in [0.05, 0.1) is 20.2 Å². The minimum atomic E-state index is -4.55. The average Bonchev–Trinajstić information content (AvgIpc) is 3.52. The molecule has 2 heterocycles. The van der Waals surface area contributed by atoms with Gasteiger partial charge in [0.2, 0.25) is 5.91 Å². The van der Waals surface area contributed by atoms with E-state index >= 15 is 0 Å². The number of imidazole rings is 1. The average molecular weight is 451 g/mol. The molecule has 1 fully saturated rings. The zero-order valence-corrected chi connectivity index (χ0v) is 17.6. The van der Waals surface area contributed by atoms with Crippen LogP contribution in [0.1, 0.15) is 25.3 Å². The molecule has 11 heteroatoms. The Bertz CT molecular complexity index is 1290. The van der Waals surface area contributed by atoms with E-state index in [4.69, 9.17) is 4.78 Å². The molecule has 0 spiro atoms. The number of aromatic nitrogens is 3. The van der Waals surface area contributed by atoms with Gasteiger partial charge in [-0.25, -0.2) is 19.0 Å². The first-order valence-corrected chi connectivity index (χ1v) is 11.4. The highest BCUT2D eigenvalue weighted by molar-refractivity contribution is 7.92. The summed E-state index contributed by atoms with van der Waals surface area (Å²) in [6.45, 7) is 1.61. The van der Waals surface area contributed by atoms with Crippen molar-refractivity contribution in [2.45, 2.75) is 30.8 Å². The Morgan fingerprint density at radius 1 is 1.32 bits per heavy atom. The van der Waals surface area contributed by atoms with E-state index in [1.54, 1.807) is 26.1 Å². The van der Waals surface area contributed by atoms with Gasteiger partial charge in [-0.15, -0.1) is 0 Å². The molecule has 1 saturated carbocycles. The second-order valence-electron chi connectivity index (χ2n) is 7.50. The topological polar surface area (TPSA) is 101 Å². The van der Waals surface area contributed by atoms with E-state index in [0.29, 0.717) is 11.3 Å². The van der Waals surface area contributed by atoms with Gasteiger partial charge in [-0.05, 0) is 37.1 Å². The van der Waals surface area contributed by atoms with Crippen LogP contribution in [0.15, 0.2) is 35.4 Å². The van der Waals surface area contributed by atoms with E-state index in [1.165, 1.54) is 10.6 Å². The minimum absolute atomic E-state index is 0.0246. The summed E-state index contributed by atoms with van der Waals surface area (Å²) in [6.07, 6.45) is -2.16. The standard InChI is InChI=1S/C20H20F3N5O2S/c1-3-31(24,30)16-9-13(26-19(29)11-4-5-11)6-7-14(16)17-27-15-8-12(20(21,22)23)10-25-18(15)28(17)2/h6-11,24H,3-5H2,1-2H3,(H,26,29). The lowest BCUT2D eigenvalue weighted by Crippen LogP contribution is -2.14. The van der Waals surface area contributed by atoms with Crippen LogP contribution in [-0.2, 0) is 27.7 Å². The SMILES string of the molecule is CCS(=N)(=O)c1cc(NC(=O)C2CC2)ccc1-c1nc2cc(C(F)(F)F)cnc2n1C. The number of hydrogen-bond donors (Lipinski definition) is 2. The van der Waals surface area contributed by atoms with Crippen LogP contribution in [0.2, 0.25) is 0 Å². The maximum Gasteiger partial charge on any atom is 0.417 e. The summed E-state index contributed by atoms with van der Waals surface area (Å²) < 4.78 is 62.0. The van der Waals surface area contributed by atoms with Crippen molar-refractivity contribution in [3.05, 3.63) is 36.0 Å².